The molecule has 0 bridgehead atoms. The lowest BCUT2D eigenvalue weighted by Crippen LogP contribution is -2.50. The molecule has 2 aromatic carbocycles. The Morgan fingerprint density at radius 2 is 1.79 bits per heavy atom. The fourth-order valence-electron chi connectivity index (χ4n) is 3.27. The van der Waals surface area contributed by atoms with Gasteiger partial charge in [0.25, 0.3) is 11.8 Å². The molecule has 5 N–H and O–H groups in total. The van der Waals surface area contributed by atoms with E-state index in [2.05, 4.69) is 34.2 Å². The second-order valence-corrected chi connectivity index (χ2v) is 7.55. The SMILES string of the molecule is C.NC[C@H](NC(=O)c1ccc(/C=C/C#Cc2ccc(CN3CCOCC3)cc2)cc1)C(=O)NO. The molecule has 8 nitrogen and oxygen atoms in total. The van der Waals surface area contributed by atoms with E-state index in [1.807, 2.05) is 18.2 Å². The largest absolute Gasteiger partial charge is 0.379 e. The van der Waals surface area contributed by atoms with Gasteiger partial charge in [-0.05, 0) is 47.5 Å². The number of allylic oxidation sites excluding steroid dienone is 1. The van der Waals surface area contributed by atoms with E-state index in [4.69, 9.17) is 15.7 Å². The van der Waals surface area contributed by atoms with Gasteiger partial charge in [-0.2, -0.15) is 0 Å². The molecule has 0 spiro atoms. The number of nitrogens with zero attached hydrogens (tertiary/aromatic N) is 1. The predicted molar refractivity (Wildman–Crippen MR) is 132 cm³/mol. The van der Waals surface area contributed by atoms with E-state index in [1.165, 1.54) is 11.0 Å². The van der Waals surface area contributed by atoms with Gasteiger partial charge in [-0.25, -0.2) is 5.48 Å². The number of ether oxygens (including phenoxy) is 1. The van der Waals surface area contributed by atoms with Crippen molar-refractivity contribution >= 4 is 17.9 Å². The molecule has 34 heavy (non-hydrogen) atoms. The predicted octanol–water partition coefficient (Wildman–Crippen LogP) is 1.78. The third-order valence-electron chi connectivity index (χ3n) is 5.18. The molecule has 0 unspecified atom stereocenters. The highest BCUT2D eigenvalue weighted by Gasteiger charge is 2.19. The zero-order chi connectivity index (χ0) is 23.5. The van der Waals surface area contributed by atoms with Crippen molar-refractivity contribution in [1.82, 2.24) is 15.7 Å². The van der Waals surface area contributed by atoms with Gasteiger partial charge in [-0.1, -0.05) is 43.5 Å². The third-order valence-corrected chi connectivity index (χ3v) is 5.18. The summed E-state index contributed by atoms with van der Waals surface area (Å²) < 4.78 is 5.38. The van der Waals surface area contributed by atoms with Crippen LogP contribution in [-0.4, -0.2) is 60.8 Å². The van der Waals surface area contributed by atoms with Crippen LogP contribution in [-0.2, 0) is 16.1 Å². The van der Waals surface area contributed by atoms with Gasteiger partial charge in [-0.15, -0.1) is 0 Å². The molecule has 1 aliphatic heterocycles. The summed E-state index contributed by atoms with van der Waals surface area (Å²) in [5.41, 5.74) is 10.4. The van der Waals surface area contributed by atoms with Gasteiger partial charge in [-0.3, -0.25) is 19.7 Å². The Balaban J connectivity index is 0.00000408. The van der Waals surface area contributed by atoms with Crippen molar-refractivity contribution < 1.29 is 19.5 Å². The van der Waals surface area contributed by atoms with Crippen LogP contribution in [0.2, 0.25) is 0 Å². The highest BCUT2D eigenvalue weighted by molar-refractivity contribution is 5.97. The van der Waals surface area contributed by atoms with E-state index in [9.17, 15) is 9.59 Å². The van der Waals surface area contributed by atoms with Crippen LogP contribution in [0.1, 0.15) is 34.5 Å². The van der Waals surface area contributed by atoms with Crippen LogP contribution in [0.25, 0.3) is 6.08 Å². The van der Waals surface area contributed by atoms with Crippen molar-refractivity contribution in [3.8, 4) is 11.8 Å². The number of morpholine rings is 1. The zero-order valence-electron chi connectivity index (χ0n) is 18.3. The van der Waals surface area contributed by atoms with Gasteiger partial charge in [0.15, 0.2) is 0 Å². The lowest BCUT2D eigenvalue weighted by Gasteiger charge is -2.26. The Hall–Kier alpha value is -3.48. The first-order chi connectivity index (χ1) is 16.1. The Kier molecular flexibility index (Phi) is 11.0. The minimum Gasteiger partial charge on any atom is -0.379 e. The molecule has 3 rings (SSSR count). The van der Waals surface area contributed by atoms with Crippen LogP contribution >= 0.6 is 0 Å². The number of hydroxylamine groups is 1. The number of carbonyl (C=O) groups is 2. The molecule has 2 aromatic rings. The van der Waals surface area contributed by atoms with Gasteiger partial charge in [0.2, 0.25) is 0 Å². The molecule has 0 radical (unpaired) electrons. The summed E-state index contributed by atoms with van der Waals surface area (Å²) in [5, 5.41) is 11.1. The summed E-state index contributed by atoms with van der Waals surface area (Å²) >= 11 is 0. The molecule has 0 aromatic heterocycles. The summed E-state index contributed by atoms with van der Waals surface area (Å²) in [6.07, 6.45) is 3.61. The average molecular weight is 465 g/mol. The minimum atomic E-state index is -1.01. The lowest BCUT2D eigenvalue weighted by molar-refractivity contribution is -0.130. The monoisotopic (exact) mass is 464 g/mol. The van der Waals surface area contributed by atoms with E-state index in [0.717, 1.165) is 44.0 Å². The molecule has 2 amide bonds. The molecular weight excluding hydrogens is 432 g/mol. The van der Waals surface area contributed by atoms with E-state index < -0.39 is 17.9 Å². The molecule has 180 valence electrons. The van der Waals surface area contributed by atoms with Gasteiger partial charge in [0.05, 0.1) is 13.2 Å². The summed E-state index contributed by atoms with van der Waals surface area (Å²) in [4.78, 5) is 26.0. The first-order valence-corrected chi connectivity index (χ1v) is 10.7. The van der Waals surface area contributed by atoms with Crippen LogP contribution in [0.3, 0.4) is 0 Å². The quantitative estimate of drug-likeness (QED) is 0.282. The van der Waals surface area contributed by atoms with Crippen molar-refractivity contribution in [2.24, 2.45) is 5.73 Å². The number of nitrogens with one attached hydrogen (secondary N) is 2. The molecule has 1 saturated heterocycles. The lowest BCUT2D eigenvalue weighted by atomic mass is 10.1. The van der Waals surface area contributed by atoms with Crippen LogP contribution in [0.15, 0.2) is 54.6 Å². The molecule has 1 fully saturated rings. The highest BCUT2D eigenvalue weighted by atomic mass is 16.5. The number of carbonyl (C=O) groups excluding carboxylic acids is 2. The standard InChI is InChI=1S/C25H28N4O4.CH4/c26-17-23(25(31)28-32)27-24(30)22-11-9-20(10-12-22)4-2-1-3-19-5-7-21(8-6-19)18-29-13-15-33-16-14-29;/h2,4-12,23,32H,13-18,26H2,(H,27,30)(H,28,31);1H4/b4-2+;/t23-;/m0./s1. The summed E-state index contributed by atoms with van der Waals surface area (Å²) in [6.45, 7) is 4.31. The first kappa shape index (κ1) is 26.8. The fourth-order valence-corrected chi connectivity index (χ4v) is 3.27. The van der Waals surface area contributed by atoms with Crippen LogP contribution in [0.5, 0.6) is 0 Å². The van der Waals surface area contributed by atoms with Crippen LogP contribution in [0.4, 0.5) is 0 Å². The maximum Gasteiger partial charge on any atom is 0.267 e. The normalized spacial score (nSPS) is 14.4. The minimum absolute atomic E-state index is 0. The van der Waals surface area contributed by atoms with Crippen molar-refractivity contribution in [2.45, 2.75) is 20.0 Å². The van der Waals surface area contributed by atoms with E-state index >= 15 is 0 Å². The summed E-state index contributed by atoms with van der Waals surface area (Å²) in [5.74, 6) is 4.91. The average Bonchev–Trinajstić information content (AvgIpc) is 2.86. The molecule has 8 heteroatoms. The number of rotatable bonds is 7. The van der Waals surface area contributed by atoms with Crippen LogP contribution in [0, 0.1) is 11.8 Å². The van der Waals surface area contributed by atoms with E-state index in [0.29, 0.717) is 5.56 Å². The van der Waals surface area contributed by atoms with Gasteiger partial charge in [0, 0.05) is 37.3 Å². The number of hydrogen-bond donors (Lipinski definition) is 4. The number of hydrogen-bond acceptors (Lipinski definition) is 6. The highest BCUT2D eigenvalue weighted by Crippen LogP contribution is 2.09. The smallest absolute Gasteiger partial charge is 0.267 e. The maximum atomic E-state index is 12.2. The Morgan fingerprint density at radius 1 is 1.12 bits per heavy atom. The fraction of sp³-hybridized carbons (Fsp3) is 0.308. The van der Waals surface area contributed by atoms with Crippen molar-refractivity contribution in [3.05, 3.63) is 76.9 Å². The number of benzene rings is 2. The van der Waals surface area contributed by atoms with Crippen molar-refractivity contribution in [2.75, 3.05) is 32.8 Å². The van der Waals surface area contributed by atoms with Gasteiger partial charge >= 0.3 is 0 Å². The summed E-state index contributed by atoms with van der Waals surface area (Å²) in [6, 6.07) is 14.1. The molecule has 1 aliphatic rings. The molecular formula is C26H32N4O4. The van der Waals surface area contributed by atoms with Crippen molar-refractivity contribution in [1.29, 1.82) is 0 Å². The zero-order valence-corrected chi connectivity index (χ0v) is 18.3. The topological polar surface area (TPSA) is 117 Å². The molecule has 0 saturated carbocycles. The Bertz CT molecular complexity index is 1020. The number of nitrogens with two attached hydrogens (primary N) is 1. The molecule has 1 atom stereocenters. The van der Waals surface area contributed by atoms with Crippen LogP contribution < -0.4 is 16.5 Å². The second-order valence-electron chi connectivity index (χ2n) is 7.55. The van der Waals surface area contributed by atoms with Gasteiger partial charge in [0.1, 0.15) is 6.04 Å². The summed E-state index contributed by atoms with van der Waals surface area (Å²) in [7, 11) is 0. The van der Waals surface area contributed by atoms with Gasteiger partial charge < -0.3 is 15.8 Å². The van der Waals surface area contributed by atoms with Crippen molar-refractivity contribution in [3.63, 3.8) is 0 Å². The Morgan fingerprint density at radius 3 is 2.41 bits per heavy atom. The van der Waals surface area contributed by atoms with E-state index in [1.54, 1.807) is 30.3 Å². The van der Waals surface area contributed by atoms with E-state index in [-0.39, 0.29) is 14.0 Å². The second kappa shape index (κ2) is 13.9. The number of amides is 2. The first-order valence-electron chi connectivity index (χ1n) is 10.7. The Labute approximate surface area is 200 Å². The third kappa shape index (κ3) is 8.14. The molecule has 0 aliphatic carbocycles. The maximum absolute atomic E-state index is 12.2. The molecule has 1 heterocycles.